The monoisotopic (exact) mass is 366 g/mol. The number of nitrogens with one attached hydrogen (secondary N) is 1. The van der Waals surface area contributed by atoms with Gasteiger partial charge in [-0.2, -0.15) is 0 Å². The van der Waals surface area contributed by atoms with Gasteiger partial charge in [0.15, 0.2) is 5.17 Å². The fourth-order valence-electron chi connectivity index (χ4n) is 2.09. The van der Waals surface area contributed by atoms with E-state index in [0.29, 0.717) is 5.25 Å². The first-order chi connectivity index (χ1) is 9.81. The number of rotatable bonds is 4. The van der Waals surface area contributed by atoms with Gasteiger partial charge in [0.05, 0.1) is 15.6 Å². The number of halogens is 1. The molecule has 0 bridgehead atoms. The molecule has 0 radical (unpaired) electrons. The van der Waals surface area contributed by atoms with Gasteiger partial charge in [-0.15, -0.1) is 11.3 Å². The maximum absolute atomic E-state index is 4.59. The zero-order valence-corrected chi connectivity index (χ0v) is 14.1. The van der Waals surface area contributed by atoms with Gasteiger partial charge in [0.1, 0.15) is 0 Å². The molecule has 1 N–H and O–H groups in total. The second-order valence-corrected chi connectivity index (χ2v) is 8.28. The minimum atomic E-state index is 0.467. The normalized spacial score (nSPS) is 18.1. The van der Waals surface area contributed by atoms with Gasteiger partial charge in [0.2, 0.25) is 0 Å². The first-order valence-corrected chi connectivity index (χ1v) is 9.04. The molecule has 5 heteroatoms. The van der Waals surface area contributed by atoms with Crippen LogP contribution in [0.15, 0.2) is 51.2 Å². The molecule has 1 aromatic carbocycles. The van der Waals surface area contributed by atoms with E-state index in [9.17, 15) is 0 Å². The summed E-state index contributed by atoms with van der Waals surface area (Å²) in [5.41, 5.74) is 1.36. The summed E-state index contributed by atoms with van der Waals surface area (Å²) in [6.07, 6.45) is 1.05. The zero-order valence-electron chi connectivity index (χ0n) is 10.9. The highest BCUT2D eigenvalue weighted by Gasteiger charge is 2.20. The molecule has 2 nitrogen and oxygen atoms in total. The van der Waals surface area contributed by atoms with E-state index < -0.39 is 0 Å². The molecular formula is C15H15BrN2S2. The largest absolute Gasteiger partial charge is 0.365 e. The molecule has 1 atom stereocenters. The first kappa shape index (κ1) is 14.2. The number of benzene rings is 1. The van der Waals surface area contributed by atoms with E-state index in [-0.39, 0.29) is 0 Å². The Hall–Kier alpha value is -0.780. The second-order valence-electron chi connectivity index (χ2n) is 4.55. The van der Waals surface area contributed by atoms with Gasteiger partial charge in [-0.05, 0) is 40.0 Å². The number of amidine groups is 1. The van der Waals surface area contributed by atoms with Crippen LogP contribution in [0.3, 0.4) is 0 Å². The number of hydrogen-bond acceptors (Lipinski definition) is 4. The van der Waals surface area contributed by atoms with Crippen LogP contribution in [0.25, 0.3) is 0 Å². The Labute approximate surface area is 135 Å². The average Bonchev–Trinajstić information content (AvgIpc) is 3.09. The van der Waals surface area contributed by atoms with Crippen LogP contribution >= 0.6 is 39.0 Å². The van der Waals surface area contributed by atoms with Crippen LogP contribution in [-0.4, -0.2) is 18.3 Å². The lowest BCUT2D eigenvalue weighted by Gasteiger charge is -2.09. The molecule has 0 saturated heterocycles. The molecule has 20 heavy (non-hydrogen) atoms. The van der Waals surface area contributed by atoms with Crippen molar-refractivity contribution in [3.8, 4) is 0 Å². The molecule has 1 aliphatic heterocycles. The molecule has 1 aliphatic rings. The first-order valence-electron chi connectivity index (χ1n) is 6.55. The van der Waals surface area contributed by atoms with Gasteiger partial charge in [-0.3, -0.25) is 4.99 Å². The maximum atomic E-state index is 4.59. The van der Waals surface area contributed by atoms with Gasteiger partial charge < -0.3 is 5.32 Å². The lowest BCUT2D eigenvalue weighted by atomic mass is 10.1. The van der Waals surface area contributed by atoms with Crippen molar-refractivity contribution in [2.75, 3.05) is 13.1 Å². The van der Waals surface area contributed by atoms with Crippen molar-refractivity contribution < 1.29 is 0 Å². The summed E-state index contributed by atoms with van der Waals surface area (Å²) in [6, 6.07) is 14.9. The Kier molecular flexibility index (Phi) is 4.81. The van der Waals surface area contributed by atoms with E-state index in [0.717, 1.165) is 24.7 Å². The maximum Gasteiger partial charge on any atom is 0.157 e. The summed E-state index contributed by atoms with van der Waals surface area (Å²) in [5.74, 6) is 0. The van der Waals surface area contributed by atoms with Gasteiger partial charge in [0, 0.05) is 11.4 Å². The van der Waals surface area contributed by atoms with Gasteiger partial charge >= 0.3 is 0 Å². The molecule has 1 aromatic heterocycles. The Morgan fingerprint density at radius 2 is 2.05 bits per heavy atom. The quantitative estimate of drug-likeness (QED) is 0.861. The van der Waals surface area contributed by atoms with Crippen molar-refractivity contribution in [3.05, 3.63) is 56.7 Å². The summed E-state index contributed by atoms with van der Waals surface area (Å²) < 4.78 is 1.20. The topological polar surface area (TPSA) is 24.4 Å². The smallest absolute Gasteiger partial charge is 0.157 e. The standard InChI is InChI=1S/C15H15BrN2S2/c16-14-7-6-12(19-14)8-9-17-15-18-10-13(20-15)11-4-2-1-3-5-11/h1-7,13H,8-10H2,(H,17,18). The third-order valence-corrected chi connectivity index (χ3v) is 5.99. The molecule has 1 unspecified atom stereocenters. The number of aliphatic imine (C=N–C) groups is 1. The van der Waals surface area contributed by atoms with Crippen LogP contribution in [-0.2, 0) is 6.42 Å². The third kappa shape index (κ3) is 3.65. The fourth-order valence-corrected chi connectivity index (χ4v) is 4.62. The Bertz CT molecular complexity index is 595. The van der Waals surface area contributed by atoms with Crippen molar-refractivity contribution in [3.63, 3.8) is 0 Å². The molecule has 2 aromatic rings. The predicted octanol–water partition coefficient (Wildman–Crippen LogP) is 4.49. The zero-order chi connectivity index (χ0) is 13.8. The SMILES string of the molecule is Brc1ccc(CCNC2=NCC(c3ccccc3)S2)s1. The van der Waals surface area contributed by atoms with Crippen LogP contribution in [0.2, 0.25) is 0 Å². The highest BCUT2D eigenvalue weighted by molar-refractivity contribution is 9.11. The van der Waals surface area contributed by atoms with E-state index in [1.807, 2.05) is 11.8 Å². The Morgan fingerprint density at radius 3 is 2.80 bits per heavy atom. The molecule has 0 aliphatic carbocycles. The summed E-state index contributed by atoms with van der Waals surface area (Å²) in [7, 11) is 0. The lowest BCUT2D eigenvalue weighted by molar-refractivity contribution is 0.879. The summed E-state index contributed by atoms with van der Waals surface area (Å²) in [6.45, 7) is 1.82. The Morgan fingerprint density at radius 1 is 1.20 bits per heavy atom. The summed E-state index contributed by atoms with van der Waals surface area (Å²) >= 11 is 7.13. The van der Waals surface area contributed by atoms with Crippen molar-refractivity contribution in [1.29, 1.82) is 0 Å². The lowest BCUT2D eigenvalue weighted by Crippen LogP contribution is -2.21. The molecule has 2 heterocycles. The molecule has 0 saturated carbocycles. The van der Waals surface area contributed by atoms with Gasteiger partial charge in [-0.1, -0.05) is 42.1 Å². The Balaban J connectivity index is 1.46. The molecule has 0 fully saturated rings. The van der Waals surface area contributed by atoms with Gasteiger partial charge in [-0.25, -0.2) is 0 Å². The van der Waals surface area contributed by atoms with E-state index in [1.54, 1.807) is 11.3 Å². The number of thiophene rings is 1. The molecule has 0 amide bonds. The van der Waals surface area contributed by atoms with Crippen molar-refractivity contribution in [2.45, 2.75) is 11.7 Å². The number of hydrogen-bond donors (Lipinski definition) is 1. The van der Waals surface area contributed by atoms with Crippen molar-refractivity contribution in [2.24, 2.45) is 4.99 Å². The van der Waals surface area contributed by atoms with E-state index >= 15 is 0 Å². The highest BCUT2D eigenvalue weighted by atomic mass is 79.9. The third-order valence-electron chi connectivity index (χ3n) is 3.10. The second kappa shape index (κ2) is 6.78. The fraction of sp³-hybridized carbons (Fsp3) is 0.267. The van der Waals surface area contributed by atoms with Crippen LogP contribution in [0, 0.1) is 0 Å². The predicted molar refractivity (Wildman–Crippen MR) is 92.8 cm³/mol. The molecule has 104 valence electrons. The average molecular weight is 367 g/mol. The van der Waals surface area contributed by atoms with Gasteiger partial charge in [0.25, 0.3) is 0 Å². The van der Waals surface area contributed by atoms with E-state index in [2.05, 4.69) is 68.7 Å². The molecule has 3 rings (SSSR count). The van der Waals surface area contributed by atoms with Crippen molar-refractivity contribution in [1.82, 2.24) is 5.32 Å². The summed E-state index contributed by atoms with van der Waals surface area (Å²) in [4.78, 5) is 5.99. The van der Waals surface area contributed by atoms with E-state index in [1.165, 1.54) is 14.2 Å². The minimum absolute atomic E-state index is 0.467. The van der Waals surface area contributed by atoms with Crippen molar-refractivity contribution >= 4 is 44.2 Å². The van der Waals surface area contributed by atoms with Crippen LogP contribution in [0.4, 0.5) is 0 Å². The molecule has 0 spiro atoms. The van der Waals surface area contributed by atoms with E-state index in [4.69, 9.17) is 0 Å². The van der Waals surface area contributed by atoms with Crippen LogP contribution in [0.1, 0.15) is 15.7 Å². The van der Waals surface area contributed by atoms with Crippen LogP contribution in [0.5, 0.6) is 0 Å². The number of nitrogens with zero attached hydrogens (tertiary/aromatic N) is 1. The minimum Gasteiger partial charge on any atom is -0.365 e. The highest BCUT2D eigenvalue weighted by Crippen LogP contribution is 2.34. The van der Waals surface area contributed by atoms with Crippen LogP contribution < -0.4 is 5.32 Å². The molecular weight excluding hydrogens is 352 g/mol. The summed E-state index contributed by atoms with van der Waals surface area (Å²) in [5, 5.41) is 4.99. The number of thioether (sulfide) groups is 1.